The maximum Gasteiger partial charge on any atom is 0.238 e. The van der Waals surface area contributed by atoms with Gasteiger partial charge in [0, 0.05) is 13.1 Å². The summed E-state index contributed by atoms with van der Waals surface area (Å²) in [5.41, 5.74) is 0.748. The number of ether oxygens (including phenoxy) is 1. The Kier molecular flexibility index (Phi) is 5.04. The van der Waals surface area contributed by atoms with E-state index >= 15 is 0 Å². The van der Waals surface area contributed by atoms with Gasteiger partial charge < -0.3 is 15.0 Å². The van der Waals surface area contributed by atoms with Gasteiger partial charge in [-0.1, -0.05) is 12.1 Å². The molecule has 0 radical (unpaired) electrons. The minimum atomic E-state index is -0.517. The zero-order valence-corrected chi connectivity index (χ0v) is 15.0. The highest BCUT2D eigenvalue weighted by Crippen LogP contribution is 2.47. The molecule has 1 aromatic rings. The lowest BCUT2D eigenvalue weighted by molar-refractivity contribution is -0.176. The van der Waals surface area contributed by atoms with Crippen molar-refractivity contribution in [1.82, 2.24) is 10.2 Å². The monoisotopic (exact) mass is 348 g/mol. The lowest BCUT2D eigenvalue weighted by atomic mass is 9.68. The summed E-state index contributed by atoms with van der Waals surface area (Å²) in [5.74, 6) is 2.16. The van der Waals surface area contributed by atoms with Crippen LogP contribution in [0.3, 0.4) is 0 Å². The Bertz CT molecular complexity index is 611. The quantitative estimate of drug-likeness (QED) is 0.654. The van der Waals surface area contributed by atoms with Crippen molar-refractivity contribution < 1.29 is 14.3 Å². The van der Waals surface area contributed by atoms with Gasteiger partial charge in [-0.2, -0.15) is 11.8 Å². The van der Waals surface area contributed by atoms with Crippen molar-refractivity contribution in [2.45, 2.75) is 31.8 Å². The average molecular weight is 348 g/mol. The van der Waals surface area contributed by atoms with Crippen molar-refractivity contribution in [1.29, 1.82) is 0 Å². The van der Waals surface area contributed by atoms with E-state index in [-0.39, 0.29) is 17.4 Å². The molecular weight excluding hydrogens is 324 g/mol. The molecule has 1 unspecified atom stereocenters. The Balaban J connectivity index is 1.65. The third kappa shape index (κ3) is 2.88. The molecule has 0 aliphatic carbocycles. The summed E-state index contributed by atoms with van der Waals surface area (Å²) in [7, 11) is 1.63. The molecule has 0 saturated carbocycles. The number of nitrogens with one attached hydrogen (secondary N) is 1. The lowest BCUT2D eigenvalue weighted by Gasteiger charge is -2.58. The molecule has 1 N–H and O–H groups in total. The molecule has 2 fully saturated rings. The Morgan fingerprint density at radius 1 is 1.33 bits per heavy atom. The minimum Gasteiger partial charge on any atom is -0.497 e. The van der Waals surface area contributed by atoms with Gasteiger partial charge in [-0.15, -0.1) is 0 Å². The van der Waals surface area contributed by atoms with E-state index in [1.165, 1.54) is 0 Å². The second kappa shape index (κ2) is 7.05. The summed E-state index contributed by atoms with van der Waals surface area (Å²) in [6.45, 7) is 3.11. The number of likely N-dealkylation sites (tertiary alicyclic amines) is 1. The van der Waals surface area contributed by atoms with Crippen LogP contribution in [0.1, 0.15) is 25.3 Å². The van der Waals surface area contributed by atoms with Crippen LogP contribution in [0.5, 0.6) is 5.75 Å². The van der Waals surface area contributed by atoms with Crippen LogP contribution in [-0.4, -0.2) is 47.4 Å². The second-order valence-corrected chi connectivity index (χ2v) is 7.52. The van der Waals surface area contributed by atoms with E-state index < -0.39 is 5.92 Å². The molecule has 1 aromatic carbocycles. The molecule has 1 atom stereocenters. The molecule has 2 aliphatic heterocycles. The van der Waals surface area contributed by atoms with E-state index in [0.717, 1.165) is 35.7 Å². The largest absolute Gasteiger partial charge is 0.497 e. The third-order valence-electron chi connectivity index (χ3n) is 5.15. The highest BCUT2D eigenvalue weighted by atomic mass is 32.2. The van der Waals surface area contributed by atoms with Crippen molar-refractivity contribution >= 4 is 23.6 Å². The van der Waals surface area contributed by atoms with E-state index in [1.807, 2.05) is 47.9 Å². The molecule has 5 nitrogen and oxygen atoms in total. The van der Waals surface area contributed by atoms with Crippen LogP contribution in [0, 0.1) is 5.92 Å². The van der Waals surface area contributed by atoms with E-state index in [1.54, 1.807) is 7.11 Å². The van der Waals surface area contributed by atoms with Crippen molar-refractivity contribution in [2.75, 3.05) is 25.2 Å². The number of benzene rings is 1. The minimum absolute atomic E-state index is 0.0170. The van der Waals surface area contributed by atoms with Crippen LogP contribution < -0.4 is 10.1 Å². The fraction of sp³-hybridized carbons (Fsp3) is 0.556. The van der Waals surface area contributed by atoms with E-state index in [2.05, 4.69) is 5.32 Å². The highest BCUT2D eigenvalue weighted by molar-refractivity contribution is 7.99. The maximum absolute atomic E-state index is 12.7. The van der Waals surface area contributed by atoms with Gasteiger partial charge in [0.15, 0.2) is 0 Å². The van der Waals surface area contributed by atoms with Crippen molar-refractivity contribution in [3.8, 4) is 5.75 Å². The molecule has 24 heavy (non-hydrogen) atoms. The molecule has 2 heterocycles. The van der Waals surface area contributed by atoms with Crippen LogP contribution in [0.4, 0.5) is 0 Å². The summed E-state index contributed by atoms with van der Waals surface area (Å²) in [4.78, 5) is 27.0. The molecule has 1 spiro atoms. The van der Waals surface area contributed by atoms with Gasteiger partial charge in [-0.25, -0.2) is 0 Å². The number of nitrogens with zero attached hydrogens (tertiary/aromatic N) is 1. The molecular formula is C18H24N2O3S. The zero-order valence-electron chi connectivity index (χ0n) is 14.2. The molecule has 3 rings (SSSR count). The van der Waals surface area contributed by atoms with Gasteiger partial charge in [0.2, 0.25) is 11.8 Å². The number of hydrogen-bond acceptors (Lipinski definition) is 4. The van der Waals surface area contributed by atoms with Gasteiger partial charge in [0.05, 0.1) is 12.6 Å². The number of β-lactam (4-membered cyclic amide) rings is 1. The van der Waals surface area contributed by atoms with Gasteiger partial charge in [-0.05, 0) is 49.0 Å². The smallest absolute Gasteiger partial charge is 0.238 e. The average Bonchev–Trinajstić information content (AvgIpc) is 2.61. The number of carbonyl (C=O) groups excluding carboxylic acids is 2. The topological polar surface area (TPSA) is 58.6 Å². The molecule has 0 bridgehead atoms. The summed E-state index contributed by atoms with van der Waals surface area (Å²) >= 11 is 1.91. The number of rotatable bonds is 5. The van der Waals surface area contributed by atoms with Gasteiger partial charge in [0.25, 0.3) is 0 Å². The Labute approximate surface area is 147 Å². The Morgan fingerprint density at radius 2 is 2.00 bits per heavy atom. The predicted octanol–water partition coefficient (Wildman–Crippen LogP) is 2.06. The fourth-order valence-corrected chi connectivity index (χ4v) is 5.04. The van der Waals surface area contributed by atoms with E-state index in [9.17, 15) is 9.59 Å². The van der Waals surface area contributed by atoms with Gasteiger partial charge >= 0.3 is 0 Å². The SMILES string of the molecule is CCN1C(=O)C(C(=O)NCc2ccc(OC)cc2)C12CCSCC2. The Morgan fingerprint density at radius 3 is 2.58 bits per heavy atom. The first-order chi connectivity index (χ1) is 11.6. The van der Waals surface area contributed by atoms with Crippen LogP contribution in [0.15, 0.2) is 24.3 Å². The Hall–Kier alpha value is -1.69. The zero-order chi connectivity index (χ0) is 17.2. The van der Waals surface area contributed by atoms with Crippen molar-refractivity contribution in [3.63, 3.8) is 0 Å². The molecule has 6 heteroatoms. The summed E-state index contributed by atoms with van der Waals surface area (Å²) in [6, 6.07) is 7.59. The summed E-state index contributed by atoms with van der Waals surface area (Å²) in [6.07, 6.45) is 1.83. The fourth-order valence-electron chi connectivity index (χ4n) is 3.84. The molecule has 2 aliphatic rings. The standard InChI is InChI=1S/C18H24N2O3S/c1-3-20-17(22)15(18(20)8-10-24-11-9-18)16(21)19-12-13-4-6-14(23-2)7-5-13/h4-7,15H,3,8-12H2,1-2H3,(H,19,21). The number of thioether (sulfide) groups is 1. The van der Waals surface area contributed by atoms with Crippen LogP contribution >= 0.6 is 11.8 Å². The van der Waals surface area contributed by atoms with Crippen LogP contribution in [-0.2, 0) is 16.1 Å². The predicted molar refractivity (Wildman–Crippen MR) is 95.0 cm³/mol. The molecule has 2 amide bonds. The first kappa shape index (κ1) is 17.1. The highest BCUT2D eigenvalue weighted by Gasteiger charge is 2.62. The number of carbonyl (C=O) groups is 2. The van der Waals surface area contributed by atoms with Crippen molar-refractivity contribution in [3.05, 3.63) is 29.8 Å². The first-order valence-corrected chi connectivity index (χ1v) is 9.57. The number of methoxy groups -OCH3 is 1. The lowest BCUT2D eigenvalue weighted by Crippen LogP contribution is -2.75. The van der Waals surface area contributed by atoms with Gasteiger partial charge in [-0.3, -0.25) is 9.59 Å². The maximum atomic E-state index is 12.7. The van der Waals surface area contributed by atoms with Gasteiger partial charge in [0.1, 0.15) is 11.7 Å². The number of hydrogen-bond donors (Lipinski definition) is 1. The second-order valence-electron chi connectivity index (χ2n) is 6.30. The number of amides is 2. The van der Waals surface area contributed by atoms with Crippen LogP contribution in [0.2, 0.25) is 0 Å². The summed E-state index contributed by atoms with van der Waals surface area (Å²) in [5, 5.41) is 2.95. The van der Waals surface area contributed by atoms with E-state index in [4.69, 9.17) is 4.74 Å². The molecule has 0 aromatic heterocycles. The normalized spacial score (nSPS) is 22.2. The van der Waals surface area contributed by atoms with Crippen LogP contribution in [0.25, 0.3) is 0 Å². The molecule has 130 valence electrons. The third-order valence-corrected chi connectivity index (χ3v) is 6.14. The first-order valence-electron chi connectivity index (χ1n) is 8.42. The molecule has 2 saturated heterocycles. The van der Waals surface area contributed by atoms with Crippen molar-refractivity contribution in [2.24, 2.45) is 5.92 Å². The van der Waals surface area contributed by atoms with E-state index in [0.29, 0.717) is 13.1 Å². The summed E-state index contributed by atoms with van der Waals surface area (Å²) < 4.78 is 5.13.